The Labute approximate surface area is 147 Å². The van der Waals surface area contributed by atoms with Crippen LogP contribution in [0.25, 0.3) is 0 Å². The van der Waals surface area contributed by atoms with Crippen LogP contribution in [0.1, 0.15) is 17.0 Å². The summed E-state index contributed by atoms with van der Waals surface area (Å²) in [5.41, 5.74) is -0.277. The number of aliphatic hydroxyl groups excluding tert-OH is 1. The highest BCUT2D eigenvalue weighted by molar-refractivity contribution is 7.89. The first kappa shape index (κ1) is 18.4. The summed E-state index contributed by atoms with van der Waals surface area (Å²) in [6, 6.07) is 6.03. The molecule has 0 radical (unpaired) electrons. The summed E-state index contributed by atoms with van der Waals surface area (Å²) in [6.07, 6.45) is -4.76. The molecule has 0 saturated carbocycles. The van der Waals surface area contributed by atoms with Crippen molar-refractivity contribution in [3.05, 3.63) is 52.2 Å². The van der Waals surface area contributed by atoms with Crippen molar-refractivity contribution in [3.63, 3.8) is 0 Å². The number of rotatable bonds is 4. The van der Waals surface area contributed by atoms with Gasteiger partial charge in [0.1, 0.15) is 0 Å². The summed E-state index contributed by atoms with van der Waals surface area (Å²) < 4.78 is 66.3. The monoisotopic (exact) mass is 391 g/mol. The highest BCUT2D eigenvalue weighted by atomic mass is 32.2. The number of sulfonamides is 1. The second-order valence-corrected chi connectivity index (χ2v) is 8.61. The first-order valence-corrected chi connectivity index (χ1v) is 9.92. The molecular weight excluding hydrogens is 375 g/mol. The van der Waals surface area contributed by atoms with Crippen LogP contribution in [-0.2, 0) is 16.2 Å². The predicted molar refractivity (Wildman–Crippen MR) is 87.8 cm³/mol. The van der Waals surface area contributed by atoms with Crippen molar-refractivity contribution in [2.24, 2.45) is 5.92 Å². The maximum absolute atomic E-state index is 13.2. The third-order valence-corrected chi connectivity index (χ3v) is 7.01. The van der Waals surface area contributed by atoms with Gasteiger partial charge < -0.3 is 5.11 Å². The van der Waals surface area contributed by atoms with E-state index in [9.17, 15) is 26.7 Å². The largest absolute Gasteiger partial charge is 0.417 e. The Morgan fingerprint density at radius 3 is 2.52 bits per heavy atom. The SMILES string of the molecule is O=S(=O)(c1ccccc1C(F)(F)F)N1C[C@@H](CO)[C@@H](c2ccsc2)C1. The van der Waals surface area contributed by atoms with Gasteiger partial charge in [0.15, 0.2) is 0 Å². The maximum atomic E-state index is 13.2. The molecule has 9 heteroatoms. The maximum Gasteiger partial charge on any atom is 0.417 e. The summed E-state index contributed by atoms with van der Waals surface area (Å²) in [5.74, 6) is -0.577. The van der Waals surface area contributed by atoms with Crippen molar-refractivity contribution in [3.8, 4) is 0 Å². The van der Waals surface area contributed by atoms with Crippen LogP contribution in [0, 0.1) is 5.92 Å². The molecule has 25 heavy (non-hydrogen) atoms. The van der Waals surface area contributed by atoms with Crippen LogP contribution < -0.4 is 0 Å². The van der Waals surface area contributed by atoms with Gasteiger partial charge in [0.05, 0.1) is 10.5 Å². The number of aliphatic hydroxyl groups is 1. The molecule has 3 rings (SSSR count). The highest BCUT2D eigenvalue weighted by Crippen LogP contribution is 2.39. The minimum absolute atomic E-state index is 0.00839. The van der Waals surface area contributed by atoms with E-state index >= 15 is 0 Å². The Morgan fingerprint density at radius 1 is 1.20 bits per heavy atom. The molecule has 0 aliphatic carbocycles. The van der Waals surface area contributed by atoms with Crippen molar-refractivity contribution < 1.29 is 26.7 Å². The molecule has 0 amide bonds. The average molecular weight is 391 g/mol. The van der Waals surface area contributed by atoms with E-state index in [-0.39, 0.29) is 31.5 Å². The summed E-state index contributed by atoms with van der Waals surface area (Å²) >= 11 is 1.45. The molecule has 1 aromatic heterocycles. The van der Waals surface area contributed by atoms with Gasteiger partial charge in [0.25, 0.3) is 0 Å². The Hall–Kier alpha value is -1.42. The molecule has 1 fully saturated rings. The van der Waals surface area contributed by atoms with E-state index in [1.165, 1.54) is 17.4 Å². The zero-order valence-electron chi connectivity index (χ0n) is 13.0. The van der Waals surface area contributed by atoms with E-state index in [0.29, 0.717) is 0 Å². The third kappa shape index (κ3) is 3.46. The smallest absolute Gasteiger partial charge is 0.396 e. The number of halogens is 3. The van der Waals surface area contributed by atoms with Crippen LogP contribution in [0.5, 0.6) is 0 Å². The molecule has 1 saturated heterocycles. The number of benzene rings is 1. The van der Waals surface area contributed by atoms with Crippen LogP contribution in [0.4, 0.5) is 13.2 Å². The van der Waals surface area contributed by atoms with E-state index < -0.39 is 26.7 Å². The van der Waals surface area contributed by atoms with Gasteiger partial charge in [-0.3, -0.25) is 0 Å². The first-order valence-electron chi connectivity index (χ1n) is 7.54. The van der Waals surface area contributed by atoms with E-state index in [1.807, 2.05) is 16.8 Å². The van der Waals surface area contributed by atoms with E-state index in [1.54, 1.807) is 0 Å². The van der Waals surface area contributed by atoms with Crippen LogP contribution in [0.2, 0.25) is 0 Å². The number of hydrogen-bond donors (Lipinski definition) is 1. The van der Waals surface area contributed by atoms with Gasteiger partial charge in [-0.1, -0.05) is 12.1 Å². The van der Waals surface area contributed by atoms with Crippen LogP contribution in [0.15, 0.2) is 46.0 Å². The zero-order valence-corrected chi connectivity index (χ0v) is 14.6. The molecule has 136 valence electrons. The molecule has 0 bridgehead atoms. The molecule has 0 spiro atoms. The molecule has 2 aromatic rings. The van der Waals surface area contributed by atoms with Gasteiger partial charge in [-0.25, -0.2) is 8.42 Å². The predicted octanol–water partition coefficient (Wildman–Crippen LogP) is 3.16. The fraction of sp³-hybridized carbons (Fsp3) is 0.375. The van der Waals surface area contributed by atoms with E-state index in [4.69, 9.17) is 0 Å². The van der Waals surface area contributed by atoms with Crippen molar-refractivity contribution in [2.45, 2.75) is 17.0 Å². The normalized spacial score (nSPS) is 22.4. The Morgan fingerprint density at radius 2 is 1.92 bits per heavy atom. The summed E-state index contributed by atoms with van der Waals surface area (Å²) in [7, 11) is -4.31. The van der Waals surface area contributed by atoms with Crippen LogP contribution in [-0.4, -0.2) is 37.5 Å². The van der Waals surface area contributed by atoms with Crippen molar-refractivity contribution in [2.75, 3.05) is 19.7 Å². The van der Waals surface area contributed by atoms with Crippen LogP contribution >= 0.6 is 11.3 Å². The molecule has 1 aliphatic rings. The summed E-state index contributed by atoms with van der Waals surface area (Å²) in [6.45, 7) is -0.185. The van der Waals surface area contributed by atoms with Gasteiger partial charge in [-0.05, 0) is 34.5 Å². The fourth-order valence-corrected chi connectivity index (χ4v) is 5.60. The van der Waals surface area contributed by atoms with Gasteiger partial charge in [-0.2, -0.15) is 28.8 Å². The lowest BCUT2D eigenvalue weighted by Crippen LogP contribution is -2.31. The lowest BCUT2D eigenvalue weighted by molar-refractivity contribution is -0.139. The molecule has 2 heterocycles. The van der Waals surface area contributed by atoms with Gasteiger partial charge in [0.2, 0.25) is 10.0 Å². The summed E-state index contributed by atoms with van der Waals surface area (Å²) in [5, 5.41) is 13.3. The van der Waals surface area contributed by atoms with Crippen molar-refractivity contribution in [1.82, 2.24) is 4.31 Å². The number of thiophene rings is 1. The number of alkyl halides is 3. The van der Waals surface area contributed by atoms with Gasteiger partial charge >= 0.3 is 6.18 Å². The molecular formula is C16H16F3NO3S2. The van der Waals surface area contributed by atoms with E-state index in [2.05, 4.69) is 0 Å². The Bertz CT molecular complexity index is 835. The minimum atomic E-state index is -4.76. The van der Waals surface area contributed by atoms with Crippen molar-refractivity contribution in [1.29, 1.82) is 0 Å². The molecule has 2 atom stereocenters. The fourth-order valence-electron chi connectivity index (χ4n) is 3.14. The van der Waals surface area contributed by atoms with Gasteiger partial charge in [-0.15, -0.1) is 0 Å². The number of nitrogens with zero attached hydrogens (tertiary/aromatic N) is 1. The standard InChI is InChI=1S/C16H16F3NO3S2/c17-16(18,19)14-3-1-2-4-15(14)25(22,23)20-7-12(9-21)13(8-20)11-5-6-24-10-11/h1-6,10,12-13,21H,7-9H2/t12-,13+/m0/s1. The molecule has 4 nitrogen and oxygen atoms in total. The molecule has 1 aromatic carbocycles. The van der Waals surface area contributed by atoms with Gasteiger partial charge in [0, 0.05) is 31.5 Å². The lowest BCUT2D eigenvalue weighted by Gasteiger charge is -2.19. The average Bonchev–Trinajstić information content (AvgIpc) is 3.23. The molecule has 1 aliphatic heterocycles. The molecule has 1 N–H and O–H groups in total. The van der Waals surface area contributed by atoms with Crippen molar-refractivity contribution >= 4 is 21.4 Å². The lowest BCUT2D eigenvalue weighted by atomic mass is 9.92. The Kier molecular flexibility index (Phi) is 4.93. The van der Waals surface area contributed by atoms with E-state index in [0.717, 1.165) is 28.1 Å². The topological polar surface area (TPSA) is 57.6 Å². The minimum Gasteiger partial charge on any atom is -0.396 e. The van der Waals surface area contributed by atoms with Crippen LogP contribution in [0.3, 0.4) is 0 Å². The first-order chi connectivity index (χ1) is 11.7. The highest BCUT2D eigenvalue weighted by Gasteiger charge is 2.43. The third-order valence-electron chi connectivity index (χ3n) is 4.42. The Balaban J connectivity index is 1.97. The second-order valence-electron chi connectivity index (χ2n) is 5.92. The summed E-state index contributed by atoms with van der Waals surface area (Å²) in [4.78, 5) is -0.745. The quantitative estimate of drug-likeness (QED) is 0.871. The zero-order chi connectivity index (χ0) is 18.2. The second kappa shape index (κ2) is 6.71. The molecule has 0 unspecified atom stereocenters. The number of hydrogen-bond acceptors (Lipinski definition) is 4.